The molecule has 1 aromatic heterocycles. The summed E-state index contributed by atoms with van der Waals surface area (Å²) in [5.41, 5.74) is 1.62. The van der Waals surface area contributed by atoms with Crippen molar-refractivity contribution >= 4 is 30.1 Å². The molecule has 0 saturated carbocycles. The Morgan fingerprint density at radius 1 is 1.33 bits per heavy atom. The summed E-state index contributed by atoms with van der Waals surface area (Å²) in [5, 5.41) is 3.46. The third-order valence-corrected chi connectivity index (χ3v) is 2.21. The normalized spacial score (nSPS) is 10.2. The Morgan fingerprint density at radius 3 is 2.87 bits per heavy atom. The van der Waals surface area contributed by atoms with Gasteiger partial charge in [-0.1, -0.05) is 29.7 Å². The smallest absolute Gasteiger partial charge is 0.269 e. The van der Waals surface area contributed by atoms with Gasteiger partial charge < -0.3 is 5.32 Å². The molecule has 1 amide bonds. The van der Waals surface area contributed by atoms with E-state index in [9.17, 15) is 4.79 Å². The number of carbonyl (C=O) groups is 1. The van der Waals surface area contributed by atoms with E-state index in [1.54, 1.807) is 19.2 Å². The highest BCUT2D eigenvalue weighted by Gasteiger charge is 2.06. The maximum Gasteiger partial charge on any atom is 0.269 e. The molecule has 2 rings (SSSR count). The predicted octanol–water partition coefficient (Wildman–Crippen LogP) is 0.388. The second-order valence-corrected chi connectivity index (χ2v) is 3.19. The Labute approximate surface area is 88.9 Å². The minimum atomic E-state index is -0.208. The van der Waals surface area contributed by atoms with Gasteiger partial charge in [0, 0.05) is 7.05 Å². The largest absolute Gasteiger partial charge is 0.354 e. The molecular weight excluding hydrogens is 187 g/mol. The molecule has 3 nitrogen and oxygen atoms in total. The first kappa shape index (κ1) is 9.71. The van der Waals surface area contributed by atoms with Crippen LogP contribution in [0.15, 0.2) is 30.3 Å². The van der Waals surface area contributed by atoms with Gasteiger partial charge in [-0.3, -0.25) is 4.79 Å². The zero-order valence-corrected chi connectivity index (χ0v) is 8.32. The summed E-state index contributed by atoms with van der Waals surface area (Å²) >= 11 is 0. The van der Waals surface area contributed by atoms with Gasteiger partial charge in [0.05, 0.1) is 5.52 Å². The van der Waals surface area contributed by atoms with Crippen molar-refractivity contribution in [2.24, 2.45) is 0 Å². The molecule has 15 heavy (non-hydrogen) atoms. The molecular formula is C11H9BN2O. The molecule has 2 radical (unpaired) electrons. The number of carbonyl (C=O) groups excluding carboxylic acids is 1. The van der Waals surface area contributed by atoms with Crippen molar-refractivity contribution in [3.05, 3.63) is 36.0 Å². The number of amides is 1. The van der Waals surface area contributed by atoms with Crippen molar-refractivity contribution in [1.29, 1.82) is 0 Å². The van der Waals surface area contributed by atoms with E-state index in [0.29, 0.717) is 16.7 Å². The Balaban J connectivity index is 2.64. The highest BCUT2D eigenvalue weighted by Crippen LogP contribution is 2.09. The zero-order valence-electron chi connectivity index (χ0n) is 8.32. The summed E-state index contributed by atoms with van der Waals surface area (Å²) in [5.74, 6) is -0.208. The van der Waals surface area contributed by atoms with Crippen molar-refractivity contribution in [3.8, 4) is 0 Å². The lowest BCUT2D eigenvalue weighted by molar-refractivity contribution is 0.0958. The number of nitrogens with one attached hydrogen (secondary N) is 1. The van der Waals surface area contributed by atoms with E-state index in [4.69, 9.17) is 7.85 Å². The van der Waals surface area contributed by atoms with Gasteiger partial charge in [-0.2, -0.15) is 0 Å². The standard InChI is InChI=1S/C11H9BN2O/c1-13-11(15)9-6-5-7-3-2-4-8(12)10(7)14-9/h2-6H,1H3,(H,13,15). The molecule has 72 valence electrons. The number of nitrogens with zero attached hydrogens (tertiary/aromatic N) is 1. The second kappa shape index (κ2) is 3.73. The van der Waals surface area contributed by atoms with Crippen LogP contribution in [0.3, 0.4) is 0 Å². The molecule has 0 bridgehead atoms. The number of hydrogen-bond donors (Lipinski definition) is 1. The van der Waals surface area contributed by atoms with Crippen molar-refractivity contribution < 1.29 is 4.79 Å². The molecule has 0 aliphatic carbocycles. The maximum absolute atomic E-state index is 11.4. The van der Waals surface area contributed by atoms with Crippen LogP contribution in [-0.4, -0.2) is 25.8 Å². The summed E-state index contributed by atoms with van der Waals surface area (Å²) in [6, 6.07) is 9.05. The lowest BCUT2D eigenvalue weighted by atomic mass is 9.93. The van der Waals surface area contributed by atoms with Crippen LogP contribution < -0.4 is 10.8 Å². The molecule has 0 aliphatic rings. The Bertz CT molecular complexity index is 525. The van der Waals surface area contributed by atoms with Crippen LogP contribution in [0.25, 0.3) is 10.9 Å². The fraction of sp³-hybridized carbons (Fsp3) is 0.0909. The Morgan fingerprint density at radius 2 is 2.13 bits per heavy atom. The molecule has 4 heteroatoms. The highest BCUT2D eigenvalue weighted by molar-refractivity contribution is 6.38. The van der Waals surface area contributed by atoms with Gasteiger partial charge in [-0.05, 0) is 11.5 Å². The lowest BCUT2D eigenvalue weighted by Crippen LogP contribution is -2.20. The minimum Gasteiger partial charge on any atom is -0.354 e. The van der Waals surface area contributed by atoms with Gasteiger partial charge in [-0.15, -0.1) is 0 Å². The van der Waals surface area contributed by atoms with E-state index in [1.165, 1.54) is 0 Å². The molecule has 0 spiro atoms. The van der Waals surface area contributed by atoms with Crippen LogP contribution in [0.5, 0.6) is 0 Å². The SMILES string of the molecule is [B]c1cccc2ccc(C(=O)NC)nc12. The molecule has 1 N–H and O–H groups in total. The number of aromatic nitrogens is 1. The third kappa shape index (κ3) is 1.70. The molecule has 1 heterocycles. The van der Waals surface area contributed by atoms with Crippen LogP contribution in [-0.2, 0) is 0 Å². The number of fused-ring (bicyclic) bond motifs is 1. The van der Waals surface area contributed by atoms with E-state index >= 15 is 0 Å². The predicted molar refractivity (Wildman–Crippen MR) is 60.5 cm³/mol. The molecule has 1 aromatic carbocycles. The van der Waals surface area contributed by atoms with E-state index in [0.717, 1.165) is 5.39 Å². The van der Waals surface area contributed by atoms with Crippen molar-refractivity contribution in [2.45, 2.75) is 0 Å². The lowest BCUT2D eigenvalue weighted by Gasteiger charge is -2.03. The molecule has 0 unspecified atom stereocenters. The quantitative estimate of drug-likeness (QED) is 0.670. The van der Waals surface area contributed by atoms with Gasteiger partial charge >= 0.3 is 0 Å². The Kier molecular flexibility index (Phi) is 2.41. The first-order chi connectivity index (χ1) is 7.22. The number of pyridine rings is 1. The molecule has 0 aliphatic heterocycles. The second-order valence-electron chi connectivity index (χ2n) is 3.19. The van der Waals surface area contributed by atoms with Crippen LogP contribution >= 0.6 is 0 Å². The van der Waals surface area contributed by atoms with Gasteiger partial charge in [0.1, 0.15) is 13.5 Å². The molecule has 2 aromatic rings. The van der Waals surface area contributed by atoms with Crippen LogP contribution in [0, 0.1) is 0 Å². The monoisotopic (exact) mass is 196 g/mol. The maximum atomic E-state index is 11.4. The van der Waals surface area contributed by atoms with E-state index in [1.807, 2.05) is 18.2 Å². The molecule has 0 saturated heterocycles. The summed E-state index contributed by atoms with van der Waals surface area (Å²) in [7, 11) is 7.34. The number of hydrogen-bond acceptors (Lipinski definition) is 2. The van der Waals surface area contributed by atoms with E-state index in [-0.39, 0.29) is 5.91 Å². The van der Waals surface area contributed by atoms with Gasteiger partial charge in [0.15, 0.2) is 0 Å². The van der Waals surface area contributed by atoms with E-state index < -0.39 is 0 Å². The number of rotatable bonds is 1. The van der Waals surface area contributed by atoms with Crippen LogP contribution in [0.4, 0.5) is 0 Å². The zero-order chi connectivity index (χ0) is 10.8. The molecule has 0 fully saturated rings. The van der Waals surface area contributed by atoms with Crippen molar-refractivity contribution in [3.63, 3.8) is 0 Å². The minimum absolute atomic E-state index is 0.208. The van der Waals surface area contributed by atoms with Gasteiger partial charge in [0.25, 0.3) is 5.91 Å². The van der Waals surface area contributed by atoms with Crippen molar-refractivity contribution in [1.82, 2.24) is 10.3 Å². The Hall–Kier alpha value is -1.84. The van der Waals surface area contributed by atoms with E-state index in [2.05, 4.69) is 10.3 Å². The summed E-state index contributed by atoms with van der Waals surface area (Å²) in [4.78, 5) is 15.6. The first-order valence-corrected chi connectivity index (χ1v) is 4.59. The fourth-order valence-electron chi connectivity index (χ4n) is 1.42. The highest BCUT2D eigenvalue weighted by atomic mass is 16.1. The number of para-hydroxylation sites is 1. The topological polar surface area (TPSA) is 42.0 Å². The first-order valence-electron chi connectivity index (χ1n) is 4.59. The number of benzene rings is 1. The average Bonchev–Trinajstić information content (AvgIpc) is 2.28. The summed E-state index contributed by atoms with van der Waals surface area (Å²) in [6.07, 6.45) is 0. The van der Waals surface area contributed by atoms with Crippen LogP contribution in [0.2, 0.25) is 0 Å². The van der Waals surface area contributed by atoms with Gasteiger partial charge in [-0.25, -0.2) is 4.98 Å². The summed E-state index contributed by atoms with van der Waals surface area (Å²) in [6.45, 7) is 0. The van der Waals surface area contributed by atoms with Crippen LogP contribution in [0.1, 0.15) is 10.5 Å². The van der Waals surface area contributed by atoms with Crippen molar-refractivity contribution in [2.75, 3.05) is 7.05 Å². The summed E-state index contributed by atoms with van der Waals surface area (Å²) < 4.78 is 0. The third-order valence-electron chi connectivity index (χ3n) is 2.21. The van der Waals surface area contributed by atoms with Gasteiger partial charge in [0.2, 0.25) is 0 Å². The molecule has 0 atom stereocenters. The fourth-order valence-corrected chi connectivity index (χ4v) is 1.42. The average molecular weight is 196 g/mol.